The number of aromatic amines is 1. The standard InChI is InChI=1S/C16H19N3O3S/c1-8-12-14(10-6-5-7-11(21-3)13(10)22-4)23-9(2)16(20)17-15(12)19-18-8/h5-7,9,14H,1-4H3,(H2,17,18,19,20)/t9-,14+/m1/s1. The van der Waals surface area contributed by atoms with Gasteiger partial charge in [0.05, 0.1) is 24.7 Å². The van der Waals surface area contributed by atoms with Crippen LogP contribution in [0.2, 0.25) is 0 Å². The van der Waals surface area contributed by atoms with E-state index in [2.05, 4.69) is 15.5 Å². The largest absolute Gasteiger partial charge is 0.493 e. The number of H-pyrrole nitrogens is 1. The third-order valence-corrected chi connectivity index (χ3v) is 5.31. The van der Waals surface area contributed by atoms with E-state index in [-0.39, 0.29) is 16.4 Å². The Balaban J connectivity index is 2.18. The van der Waals surface area contributed by atoms with Gasteiger partial charge in [0, 0.05) is 16.8 Å². The first-order valence-corrected chi connectivity index (χ1v) is 8.23. The number of methoxy groups -OCH3 is 2. The number of amides is 1. The van der Waals surface area contributed by atoms with Crippen molar-refractivity contribution in [3.8, 4) is 11.5 Å². The number of carbonyl (C=O) groups is 1. The van der Waals surface area contributed by atoms with Crippen molar-refractivity contribution in [2.45, 2.75) is 24.3 Å². The molecule has 6 nitrogen and oxygen atoms in total. The number of benzene rings is 1. The summed E-state index contributed by atoms with van der Waals surface area (Å²) in [5.74, 6) is 1.89. The fourth-order valence-electron chi connectivity index (χ4n) is 2.75. The second-order valence-corrected chi connectivity index (χ2v) is 6.79. The normalized spacial score (nSPS) is 20.4. The fraction of sp³-hybridized carbons (Fsp3) is 0.375. The average molecular weight is 333 g/mol. The maximum atomic E-state index is 12.2. The molecule has 2 atom stereocenters. The number of nitrogens with one attached hydrogen (secondary N) is 2. The van der Waals surface area contributed by atoms with Crippen LogP contribution < -0.4 is 14.8 Å². The minimum atomic E-state index is -0.204. The molecular formula is C16H19N3O3S. The summed E-state index contributed by atoms with van der Waals surface area (Å²) in [5, 5.41) is 9.79. The highest BCUT2D eigenvalue weighted by atomic mass is 32.2. The zero-order valence-electron chi connectivity index (χ0n) is 13.5. The van der Waals surface area contributed by atoms with E-state index in [1.807, 2.05) is 32.0 Å². The zero-order chi connectivity index (χ0) is 16.6. The maximum absolute atomic E-state index is 12.2. The summed E-state index contributed by atoms with van der Waals surface area (Å²) in [6.07, 6.45) is 0. The molecule has 122 valence electrons. The van der Waals surface area contributed by atoms with Crippen molar-refractivity contribution in [3.05, 3.63) is 35.0 Å². The number of thioether (sulfide) groups is 1. The summed E-state index contributed by atoms with van der Waals surface area (Å²) < 4.78 is 11.0. The Morgan fingerprint density at radius 2 is 2.04 bits per heavy atom. The van der Waals surface area contributed by atoms with E-state index in [1.54, 1.807) is 26.0 Å². The molecule has 1 aromatic heterocycles. The summed E-state index contributed by atoms with van der Waals surface area (Å²) in [4.78, 5) is 12.2. The number of aromatic nitrogens is 2. The highest BCUT2D eigenvalue weighted by Gasteiger charge is 2.34. The van der Waals surface area contributed by atoms with Gasteiger partial charge >= 0.3 is 0 Å². The molecule has 3 rings (SSSR count). The zero-order valence-corrected chi connectivity index (χ0v) is 14.3. The molecule has 1 amide bonds. The Hall–Kier alpha value is -2.15. The van der Waals surface area contributed by atoms with E-state index < -0.39 is 0 Å². The third kappa shape index (κ3) is 2.65. The van der Waals surface area contributed by atoms with E-state index in [9.17, 15) is 4.79 Å². The molecule has 0 spiro atoms. The second kappa shape index (κ2) is 6.16. The van der Waals surface area contributed by atoms with Gasteiger partial charge in [0.2, 0.25) is 5.91 Å². The first-order valence-electron chi connectivity index (χ1n) is 7.28. The number of ether oxygens (including phenoxy) is 2. The van der Waals surface area contributed by atoms with Crippen LogP contribution in [0, 0.1) is 6.92 Å². The summed E-state index contributed by atoms with van der Waals surface area (Å²) in [6, 6.07) is 5.79. The monoisotopic (exact) mass is 333 g/mol. The highest BCUT2D eigenvalue weighted by Crippen LogP contribution is 2.49. The van der Waals surface area contributed by atoms with Crippen LogP contribution in [0.15, 0.2) is 18.2 Å². The predicted molar refractivity (Wildman–Crippen MR) is 90.4 cm³/mol. The third-order valence-electron chi connectivity index (χ3n) is 3.92. The van der Waals surface area contributed by atoms with E-state index in [4.69, 9.17) is 9.47 Å². The molecule has 1 aromatic carbocycles. The second-order valence-electron chi connectivity index (χ2n) is 5.34. The number of anilines is 1. The van der Waals surface area contributed by atoms with Crippen molar-refractivity contribution in [2.75, 3.05) is 19.5 Å². The number of rotatable bonds is 3. The quantitative estimate of drug-likeness (QED) is 0.903. The van der Waals surface area contributed by atoms with E-state index in [0.717, 1.165) is 16.8 Å². The lowest BCUT2D eigenvalue weighted by atomic mass is 10.0. The number of nitrogens with zero attached hydrogens (tertiary/aromatic N) is 1. The van der Waals surface area contributed by atoms with Gasteiger partial charge in [0.25, 0.3) is 0 Å². The van der Waals surface area contributed by atoms with Crippen molar-refractivity contribution in [1.29, 1.82) is 0 Å². The molecule has 0 bridgehead atoms. The number of hydrogen-bond donors (Lipinski definition) is 2. The first-order chi connectivity index (χ1) is 11.1. The molecule has 2 heterocycles. The van der Waals surface area contributed by atoms with Crippen molar-refractivity contribution in [2.24, 2.45) is 0 Å². The average Bonchev–Trinajstić information content (AvgIpc) is 2.85. The van der Waals surface area contributed by atoms with Crippen LogP contribution in [0.1, 0.15) is 29.0 Å². The summed E-state index contributed by atoms with van der Waals surface area (Å²) in [5.41, 5.74) is 2.86. The Morgan fingerprint density at radius 3 is 2.74 bits per heavy atom. The SMILES string of the molecule is COc1cccc([C@@H]2S[C@H](C)C(=O)Nc3n[nH]c(C)c32)c1OC. The van der Waals surface area contributed by atoms with Gasteiger partial charge in [-0.2, -0.15) is 5.10 Å². The molecule has 1 aliphatic rings. The van der Waals surface area contributed by atoms with Crippen LogP contribution in [0.25, 0.3) is 0 Å². The van der Waals surface area contributed by atoms with E-state index in [1.165, 1.54) is 0 Å². The summed E-state index contributed by atoms with van der Waals surface area (Å²) in [7, 11) is 3.24. The van der Waals surface area contributed by atoms with E-state index in [0.29, 0.717) is 17.3 Å². The molecule has 0 saturated heterocycles. The molecule has 2 aromatic rings. The first kappa shape index (κ1) is 15.7. The van der Waals surface area contributed by atoms with Crippen LogP contribution in [-0.2, 0) is 4.79 Å². The van der Waals surface area contributed by atoms with Crippen molar-refractivity contribution in [3.63, 3.8) is 0 Å². The Labute approximate surface area is 138 Å². The lowest BCUT2D eigenvalue weighted by Crippen LogP contribution is -2.21. The van der Waals surface area contributed by atoms with Crippen molar-refractivity contribution >= 4 is 23.5 Å². The molecule has 0 aliphatic carbocycles. The minimum Gasteiger partial charge on any atom is -0.493 e. The Morgan fingerprint density at radius 1 is 1.26 bits per heavy atom. The molecule has 2 N–H and O–H groups in total. The van der Waals surface area contributed by atoms with Gasteiger partial charge in [-0.1, -0.05) is 12.1 Å². The van der Waals surface area contributed by atoms with Gasteiger partial charge < -0.3 is 14.8 Å². The van der Waals surface area contributed by atoms with Gasteiger partial charge in [-0.25, -0.2) is 0 Å². The molecule has 0 radical (unpaired) electrons. The van der Waals surface area contributed by atoms with E-state index >= 15 is 0 Å². The maximum Gasteiger partial charge on any atom is 0.238 e. The van der Waals surface area contributed by atoms with Crippen molar-refractivity contribution in [1.82, 2.24) is 10.2 Å². The van der Waals surface area contributed by atoms with Gasteiger partial charge in [0.1, 0.15) is 0 Å². The lowest BCUT2D eigenvalue weighted by molar-refractivity contribution is -0.115. The molecular weight excluding hydrogens is 314 g/mol. The van der Waals surface area contributed by atoms with Crippen LogP contribution in [0.3, 0.4) is 0 Å². The van der Waals surface area contributed by atoms with Crippen LogP contribution in [0.5, 0.6) is 11.5 Å². The molecule has 0 fully saturated rings. The van der Waals surface area contributed by atoms with Crippen LogP contribution in [-0.4, -0.2) is 35.6 Å². The predicted octanol–water partition coefficient (Wildman–Crippen LogP) is 2.90. The smallest absolute Gasteiger partial charge is 0.238 e. The summed E-state index contributed by atoms with van der Waals surface area (Å²) in [6.45, 7) is 3.85. The van der Waals surface area contributed by atoms with Gasteiger partial charge in [-0.15, -0.1) is 11.8 Å². The van der Waals surface area contributed by atoms with Gasteiger partial charge in [-0.05, 0) is 19.9 Å². The molecule has 0 unspecified atom stereocenters. The Bertz CT molecular complexity index is 744. The fourth-order valence-corrected chi connectivity index (χ4v) is 4.10. The molecule has 0 saturated carbocycles. The van der Waals surface area contributed by atoms with Gasteiger partial charge in [0.15, 0.2) is 17.3 Å². The van der Waals surface area contributed by atoms with Gasteiger partial charge in [-0.3, -0.25) is 9.89 Å². The molecule has 23 heavy (non-hydrogen) atoms. The minimum absolute atomic E-state index is 0.0490. The summed E-state index contributed by atoms with van der Waals surface area (Å²) >= 11 is 1.57. The molecule has 1 aliphatic heterocycles. The topological polar surface area (TPSA) is 76.2 Å². The highest BCUT2D eigenvalue weighted by molar-refractivity contribution is 8.01. The van der Waals surface area contributed by atoms with Crippen molar-refractivity contribution < 1.29 is 14.3 Å². The van der Waals surface area contributed by atoms with Crippen LogP contribution >= 0.6 is 11.8 Å². The molecule has 7 heteroatoms. The lowest BCUT2D eigenvalue weighted by Gasteiger charge is -2.21. The van der Waals surface area contributed by atoms with Crippen LogP contribution in [0.4, 0.5) is 5.82 Å². The number of aryl methyl sites for hydroxylation is 1. The number of fused-ring (bicyclic) bond motifs is 1. The number of para-hydroxylation sites is 1. The number of hydrogen-bond acceptors (Lipinski definition) is 5. The number of carbonyl (C=O) groups excluding carboxylic acids is 1. The Kier molecular flexibility index (Phi) is 4.21.